The molecule has 5 nitrogen and oxygen atoms in total. The van der Waals surface area contributed by atoms with Crippen LogP contribution in [0.4, 0.5) is 0 Å². The van der Waals surface area contributed by atoms with Gasteiger partial charge in [-0.25, -0.2) is 0 Å². The fourth-order valence-electron chi connectivity index (χ4n) is 6.23. The first-order valence-corrected chi connectivity index (χ1v) is 20.3. The molecule has 51 heavy (non-hydrogen) atoms. The van der Waals surface area contributed by atoms with Gasteiger partial charge in [-0.3, -0.25) is 9.97 Å². The smallest absolute Gasteiger partial charge is 0.120 e. The average Bonchev–Trinajstić information content (AvgIpc) is 3.73. The minimum Gasteiger partial charge on any atom is -0.501 e. The number of nitrogens with zero attached hydrogens (tertiary/aromatic N) is 4. The minimum absolute atomic E-state index is 0. The van der Waals surface area contributed by atoms with Gasteiger partial charge in [-0.1, -0.05) is 85.9 Å². The van der Waals surface area contributed by atoms with Crippen LogP contribution in [0.25, 0.3) is 61.3 Å². The second-order valence-corrected chi connectivity index (χ2v) is 18.8. The van der Waals surface area contributed by atoms with Crippen LogP contribution in [-0.4, -0.2) is 27.6 Å². The number of para-hydroxylation sites is 1. The van der Waals surface area contributed by atoms with Gasteiger partial charge in [0.15, 0.2) is 0 Å². The van der Waals surface area contributed by atoms with Crippen LogP contribution in [0.3, 0.4) is 0 Å². The summed E-state index contributed by atoms with van der Waals surface area (Å²) in [5.74, 6) is 0.466. The van der Waals surface area contributed by atoms with E-state index in [-0.39, 0.29) is 31.7 Å². The van der Waals surface area contributed by atoms with Gasteiger partial charge in [-0.05, 0) is 67.3 Å². The van der Waals surface area contributed by atoms with Gasteiger partial charge in [0.25, 0.3) is 0 Å². The number of pyridine rings is 2. The van der Waals surface area contributed by atoms with Crippen molar-refractivity contribution in [3.05, 3.63) is 138 Å². The van der Waals surface area contributed by atoms with E-state index in [1.165, 1.54) is 6.20 Å². The van der Waals surface area contributed by atoms with E-state index < -0.39 is 21.3 Å². The van der Waals surface area contributed by atoms with E-state index in [9.17, 15) is 0 Å². The summed E-state index contributed by atoms with van der Waals surface area (Å²) in [5.41, 5.74) is 7.54. The molecule has 0 atom stereocenters. The molecule has 0 saturated carbocycles. The van der Waals surface area contributed by atoms with Crippen LogP contribution in [0.1, 0.15) is 37.5 Å². The molecule has 0 fully saturated rings. The molecule has 0 amide bonds. The van der Waals surface area contributed by atoms with Gasteiger partial charge in [0, 0.05) is 50.4 Å². The molecule has 259 valence electrons. The van der Waals surface area contributed by atoms with E-state index in [1.54, 1.807) is 6.07 Å². The van der Waals surface area contributed by atoms with Gasteiger partial charge < -0.3 is 14.0 Å². The fourth-order valence-corrected chi connectivity index (χ4v) is 7.63. The third-order valence-corrected chi connectivity index (χ3v) is 10.5. The Kier molecular flexibility index (Phi) is 8.75. The molecule has 8 aromatic rings. The van der Waals surface area contributed by atoms with Gasteiger partial charge in [0.2, 0.25) is 0 Å². The first-order chi connectivity index (χ1) is 26.1. The number of hydrogen-bond acceptors (Lipinski definition) is 4. The van der Waals surface area contributed by atoms with E-state index in [0.717, 1.165) is 49.6 Å². The third kappa shape index (κ3) is 7.38. The second-order valence-electron chi connectivity index (χ2n) is 13.8. The van der Waals surface area contributed by atoms with E-state index >= 15 is 0 Å². The summed E-state index contributed by atoms with van der Waals surface area (Å²) in [6.45, 7) is 10.2. The maximum atomic E-state index is 8.55. The molecule has 0 unspecified atom stereocenters. The van der Waals surface area contributed by atoms with Gasteiger partial charge in [0.1, 0.15) is 5.58 Å². The molecule has 7 heteroatoms. The molecule has 0 saturated heterocycles. The van der Waals surface area contributed by atoms with Crippen molar-refractivity contribution in [1.82, 2.24) is 19.5 Å². The molecule has 4 aromatic carbocycles. The summed E-state index contributed by atoms with van der Waals surface area (Å²) in [7, 11) is -1.67. The van der Waals surface area contributed by atoms with Crippen LogP contribution in [0, 0.1) is 31.8 Å². The average molecular weight is 868 g/mol. The number of hydrogen-bond donors (Lipinski definition) is 0. The summed E-state index contributed by atoms with van der Waals surface area (Å²) in [4.78, 5) is 13.7. The van der Waals surface area contributed by atoms with E-state index in [4.69, 9.17) is 16.3 Å². The summed E-state index contributed by atoms with van der Waals surface area (Å²) in [5, 5.41) is 3.08. The molecule has 4 aromatic heterocycles. The van der Waals surface area contributed by atoms with E-state index in [1.807, 2.05) is 116 Å². The maximum Gasteiger partial charge on any atom is 0.120 e. The molecule has 4 heterocycles. The molecule has 0 aliphatic heterocycles. The monoisotopic (exact) mass is 868 g/mol. The van der Waals surface area contributed by atoms with E-state index in [0.29, 0.717) is 28.0 Å². The molecule has 0 N–H and O–H groups in total. The number of imidazole rings is 1. The Morgan fingerprint density at radius 3 is 2.43 bits per heavy atom. The van der Waals surface area contributed by atoms with Gasteiger partial charge in [-0.2, -0.15) is 0 Å². The van der Waals surface area contributed by atoms with Crippen molar-refractivity contribution in [1.29, 1.82) is 0 Å². The van der Waals surface area contributed by atoms with Crippen LogP contribution in [0.5, 0.6) is 0 Å². The van der Waals surface area contributed by atoms with Crippen molar-refractivity contribution in [2.75, 3.05) is 0 Å². The number of aromatic nitrogens is 4. The van der Waals surface area contributed by atoms with Crippen molar-refractivity contribution >= 4 is 46.2 Å². The molecule has 8 rings (SSSR count). The largest absolute Gasteiger partial charge is 0.501 e. The van der Waals surface area contributed by atoms with Crippen molar-refractivity contribution in [2.45, 2.75) is 53.6 Å². The molecule has 0 aliphatic carbocycles. The maximum absolute atomic E-state index is 8.55. The molecule has 0 bridgehead atoms. The third-order valence-electron chi connectivity index (χ3n) is 8.53. The van der Waals surface area contributed by atoms with Crippen molar-refractivity contribution in [3.8, 4) is 28.3 Å². The number of benzene rings is 4. The van der Waals surface area contributed by atoms with Crippen LogP contribution >= 0.6 is 0 Å². The predicted molar refractivity (Wildman–Crippen MR) is 210 cm³/mol. The van der Waals surface area contributed by atoms with Crippen LogP contribution in [0.15, 0.2) is 114 Å². The molecule has 0 aliphatic rings. The quantitative estimate of drug-likeness (QED) is 0.123. The number of aryl methyl sites for hydroxylation is 2. The molecular weight excluding hydrogens is 821 g/mol. The van der Waals surface area contributed by atoms with Crippen molar-refractivity contribution in [3.63, 3.8) is 0 Å². The Hall–Kier alpha value is -4.68. The summed E-state index contributed by atoms with van der Waals surface area (Å²) < 4.78 is 49.4. The van der Waals surface area contributed by atoms with Crippen molar-refractivity contribution in [2.24, 2.45) is 5.92 Å². The zero-order valence-corrected chi connectivity index (χ0v) is 32.9. The Labute approximate surface area is 322 Å². The molecule has 1 radical (unpaired) electrons. The Bertz CT molecular complexity index is 2650. The fraction of sp³-hybridized carbons (Fsp3) is 0.205. The summed E-state index contributed by atoms with van der Waals surface area (Å²) >= 11 is 0. The standard InChI is InChI=1S/C26H18N3O.C18H24NSi.Ir/c1-16-11-12-23-21(15-16)19-9-6-10-20(25(19)30-23)26-28-22-13-14-27-17(2)24(22)29(26)18-7-4-3-5-8-18;1-14(2)11-16-12-17(15-9-7-6-8-10-15)19-13-18(16)20(3,4)5;/h3-9,11-15H,1-2H3;6-9,12-14H,11H2,1-5H3;/q2*-1;/i2D3;11D2;. The zero-order chi connectivity index (χ0) is 39.3. The minimum atomic E-state index is -2.39. The van der Waals surface area contributed by atoms with Crippen molar-refractivity contribution < 1.29 is 31.4 Å². The summed E-state index contributed by atoms with van der Waals surface area (Å²) in [6.07, 6.45) is 2.02. The van der Waals surface area contributed by atoms with Gasteiger partial charge >= 0.3 is 0 Å². The molecular formula is C44H42IrN4OSi-2. The normalized spacial score (nSPS) is 13.5. The van der Waals surface area contributed by atoms with Gasteiger partial charge in [0.05, 0.1) is 36.2 Å². The molecule has 0 spiro atoms. The van der Waals surface area contributed by atoms with Gasteiger partial charge in [-0.15, -0.1) is 54.1 Å². The number of rotatable bonds is 6. The Morgan fingerprint density at radius 2 is 1.71 bits per heavy atom. The second kappa shape index (κ2) is 14.9. The van der Waals surface area contributed by atoms with Crippen LogP contribution in [-0.2, 0) is 26.5 Å². The first kappa shape index (κ1) is 30.0. The van der Waals surface area contributed by atoms with E-state index in [2.05, 4.69) is 47.8 Å². The Balaban J connectivity index is 0.000000203. The zero-order valence-electron chi connectivity index (χ0n) is 34.5. The summed E-state index contributed by atoms with van der Waals surface area (Å²) in [6, 6.07) is 37.3. The number of furan rings is 1. The SMILES string of the molecule is [2H]C([2H])([2H])c1nccc2nc(-c3[c-]ccc4c3oc3ccc(C)cc34)n(-c3ccccc3)c12.[2H]C([2H])(c1cc(-c2[c-]cccc2)ncc1[Si](C)(C)C)C(C)C.[Ir]. The predicted octanol–water partition coefficient (Wildman–Crippen LogP) is 10.7. The van der Waals surface area contributed by atoms with Crippen LogP contribution in [0.2, 0.25) is 19.6 Å². The van der Waals surface area contributed by atoms with Crippen LogP contribution < -0.4 is 5.19 Å². The number of fused-ring (bicyclic) bond motifs is 4. The first-order valence-electron chi connectivity index (χ1n) is 19.3. The topological polar surface area (TPSA) is 56.7 Å². The Morgan fingerprint density at radius 1 is 0.902 bits per heavy atom.